The topological polar surface area (TPSA) is 128 Å². The summed E-state index contributed by atoms with van der Waals surface area (Å²) >= 11 is 0. The largest absolute Gasteiger partial charge is 0.508 e. The Morgan fingerprint density at radius 2 is 1.68 bits per heavy atom. The molecule has 0 saturated heterocycles. The van der Waals surface area contributed by atoms with Crippen LogP contribution in [0.3, 0.4) is 0 Å². The van der Waals surface area contributed by atoms with Crippen molar-refractivity contribution in [3.63, 3.8) is 0 Å². The fourth-order valence-electron chi connectivity index (χ4n) is 3.87. The third-order valence-corrected chi connectivity index (χ3v) is 5.39. The summed E-state index contributed by atoms with van der Waals surface area (Å²) in [6, 6.07) is 10.4. The number of alkyl carbamates (subject to hydrolysis) is 1. The van der Waals surface area contributed by atoms with Crippen LogP contribution >= 0.6 is 0 Å². The average Bonchev–Trinajstić information content (AvgIpc) is 2.83. The Morgan fingerprint density at radius 1 is 1.05 bits per heavy atom. The number of phenolic OH excluding ortho intramolecular Hbond substituents is 1. The summed E-state index contributed by atoms with van der Waals surface area (Å²) in [5, 5.41) is 25.0. The summed E-state index contributed by atoms with van der Waals surface area (Å²) in [6.45, 7) is 8.04. The van der Waals surface area contributed by atoms with Crippen LogP contribution in [0.15, 0.2) is 48.5 Å². The number of nitrogens with zero attached hydrogens (tertiary/aromatic N) is 1. The van der Waals surface area contributed by atoms with Gasteiger partial charge in [-0.1, -0.05) is 36.3 Å². The number of carbonyl (C=O) groups is 3. The van der Waals surface area contributed by atoms with Crippen molar-refractivity contribution in [3.8, 4) is 18.1 Å². The lowest BCUT2D eigenvalue weighted by atomic mass is 9.96. The maximum atomic E-state index is 14.1. The number of aliphatic hydroxyl groups excluding tert-OH is 1. The number of phenols is 1. The highest BCUT2D eigenvalue weighted by Gasteiger charge is 2.37. The van der Waals surface area contributed by atoms with Crippen LogP contribution in [0, 0.1) is 12.3 Å². The monoisotopic (exact) mass is 523 g/mol. The number of ether oxygens (including phenoxy) is 1. The average molecular weight is 524 g/mol. The molecule has 0 aromatic heterocycles. The van der Waals surface area contributed by atoms with Crippen molar-refractivity contribution in [2.24, 2.45) is 0 Å². The molecule has 2 atom stereocenters. The van der Waals surface area contributed by atoms with E-state index in [1.807, 2.05) is 0 Å². The van der Waals surface area contributed by atoms with Gasteiger partial charge in [-0.2, -0.15) is 0 Å². The van der Waals surface area contributed by atoms with E-state index >= 15 is 0 Å². The van der Waals surface area contributed by atoms with Crippen molar-refractivity contribution in [2.45, 2.75) is 64.8 Å². The van der Waals surface area contributed by atoms with Crippen LogP contribution in [0.4, 0.5) is 4.79 Å². The van der Waals surface area contributed by atoms with E-state index in [1.54, 1.807) is 71.0 Å². The quantitative estimate of drug-likeness (QED) is 0.355. The fraction of sp³-hybridized carbons (Fsp3) is 0.414. The third-order valence-electron chi connectivity index (χ3n) is 5.39. The molecule has 2 rings (SSSR count). The van der Waals surface area contributed by atoms with Gasteiger partial charge >= 0.3 is 6.09 Å². The molecule has 2 aromatic rings. The first kappa shape index (κ1) is 30.2. The number of hydrogen-bond donors (Lipinski definition) is 4. The first-order valence-electron chi connectivity index (χ1n) is 12.4. The maximum absolute atomic E-state index is 14.1. The van der Waals surface area contributed by atoms with Crippen molar-refractivity contribution < 1.29 is 29.3 Å². The third kappa shape index (κ3) is 8.82. The normalized spacial score (nSPS) is 12.7. The highest BCUT2D eigenvalue weighted by Crippen LogP contribution is 2.26. The molecule has 2 aromatic carbocycles. The molecule has 4 N–H and O–H groups in total. The standard InChI is InChI=1S/C29H37N3O6/c1-7-21-10-8-9-11-23(21)25(26(35)30-19(2)3)32(16-17-33)27(36)24(31-28(37)38-29(4,5)6)18-20-12-14-22(34)15-13-20/h1,8-15,19,24-25,33-34H,16-18H2,2-6H3,(H,30,35)(H,31,37). The molecular formula is C29H37N3O6. The molecule has 3 amide bonds. The Balaban J connectivity index is 2.57. The molecular weight excluding hydrogens is 486 g/mol. The summed E-state index contributed by atoms with van der Waals surface area (Å²) in [6.07, 6.45) is 4.93. The number of amides is 3. The predicted octanol–water partition coefficient (Wildman–Crippen LogP) is 2.90. The van der Waals surface area contributed by atoms with E-state index in [2.05, 4.69) is 16.6 Å². The molecule has 0 bridgehead atoms. The number of aliphatic hydroxyl groups is 1. The first-order valence-corrected chi connectivity index (χ1v) is 12.4. The molecule has 2 unspecified atom stereocenters. The van der Waals surface area contributed by atoms with Crippen LogP contribution in [0.5, 0.6) is 5.75 Å². The van der Waals surface area contributed by atoms with E-state index in [-0.39, 0.29) is 24.8 Å². The minimum Gasteiger partial charge on any atom is -0.508 e. The lowest BCUT2D eigenvalue weighted by Crippen LogP contribution is -2.55. The number of benzene rings is 2. The van der Waals surface area contributed by atoms with Crippen molar-refractivity contribution in [1.29, 1.82) is 0 Å². The Bertz CT molecular complexity index is 1150. The molecule has 0 spiro atoms. The number of terminal acetylenes is 1. The highest BCUT2D eigenvalue weighted by molar-refractivity contribution is 5.92. The number of aromatic hydroxyl groups is 1. The van der Waals surface area contributed by atoms with Crippen LogP contribution in [0.1, 0.15) is 57.4 Å². The van der Waals surface area contributed by atoms with Gasteiger partial charge in [0.2, 0.25) is 11.8 Å². The van der Waals surface area contributed by atoms with Crippen LogP contribution < -0.4 is 10.6 Å². The lowest BCUT2D eigenvalue weighted by molar-refractivity contribution is -0.143. The van der Waals surface area contributed by atoms with Crippen LogP contribution in [0.2, 0.25) is 0 Å². The molecule has 0 radical (unpaired) electrons. The van der Waals surface area contributed by atoms with E-state index in [0.717, 1.165) is 0 Å². The Hall–Kier alpha value is -4.03. The second-order valence-corrected chi connectivity index (χ2v) is 10.1. The summed E-state index contributed by atoms with van der Waals surface area (Å²) in [5.74, 6) is 1.51. The highest BCUT2D eigenvalue weighted by atomic mass is 16.6. The number of hydrogen-bond acceptors (Lipinski definition) is 6. The number of nitrogens with one attached hydrogen (secondary N) is 2. The molecule has 0 heterocycles. The van der Waals surface area contributed by atoms with Gasteiger partial charge in [-0.05, 0) is 63.9 Å². The first-order chi connectivity index (χ1) is 17.9. The minimum absolute atomic E-state index is 0.0373. The number of carbonyl (C=O) groups excluding carboxylic acids is 3. The minimum atomic E-state index is -1.17. The van der Waals surface area contributed by atoms with Gasteiger partial charge in [0.15, 0.2) is 0 Å². The van der Waals surface area contributed by atoms with Crippen LogP contribution in [-0.4, -0.2) is 63.9 Å². The molecule has 38 heavy (non-hydrogen) atoms. The molecule has 9 nitrogen and oxygen atoms in total. The molecule has 0 aliphatic rings. The second kappa shape index (κ2) is 13.5. The van der Waals surface area contributed by atoms with Gasteiger partial charge < -0.3 is 30.5 Å². The molecule has 0 saturated carbocycles. The summed E-state index contributed by atoms with van der Waals surface area (Å²) in [5.41, 5.74) is 0.665. The SMILES string of the molecule is C#Cc1ccccc1C(C(=O)NC(C)C)N(CCO)C(=O)C(Cc1ccc(O)cc1)NC(=O)OC(C)(C)C. The predicted molar refractivity (Wildman–Crippen MR) is 144 cm³/mol. The van der Waals surface area contributed by atoms with Gasteiger partial charge in [0.1, 0.15) is 23.4 Å². The zero-order valence-corrected chi connectivity index (χ0v) is 22.5. The van der Waals surface area contributed by atoms with Crippen molar-refractivity contribution >= 4 is 17.9 Å². The summed E-state index contributed by atoms with van der Waals surface area (Å²) in [4.78, 5) is 41.5. The maximum Gasteiger partial charge on any atom is 0.408 e. The van der Waals surface area contributed by atoms with Crippen molar-refractivity contribution in [2.75, 3.05) is 13.2 Å². The zero-order valence-electron chi connectivity index (χ0n) is 22.5. The lowest BCUT2D eigenvalue weighted by Gasteiger charge is -2.35. The molecule has 0 aliphatic carbocycles. The smallest absolute Gasteiger partial charge is 0.408 e. The van der Waals surface area contributed by atoms with E-state index < -0.39 is 42.2 Å². The van der Waals surface area contributed by atoms with Crippen molar-refractivity contribution in [1.82, 2.24) is 15.5 Å². The van der Waals surface area contributed by atoms with E-state index in [9.17, 15) is 24.6 Å². The van der Waals surface area contributed by atoms with Crippen LogP contribution in [-0.2, 0) is 20.7 Å². The summed E-state index contributed by atoms with van der Waals surface area (Å²) < 4.78 is 5.38. The van der Waals surface area contributed by atoms with Gasteiger partial charge in [-0.15, -0.1) is 6.42 Å². The Morgan fingerprint density at radius 3 is 2.24 bits per heavy atom. The van der Waals surface area contributed by atoms with Crippen molar-refractivity contribution in [3.05, 3.63) is 65.2 Å². The second-order valence-electron chi connectivity index (χ2n) is 10.1. The zero-order chi connectivity index (χ0) is 28.5. The Labute approximate surface area is 224 Å². The molecule has 0 fully saturated rings. The molecule has 204 valence electrons. The van der Waals surface area contributed by atoms with Gasteiger partial charge in [-0.3, -0.25) is 9.59 Å². The van der Waals surface area contributed by atoms with Crippen LogP contribution in [0.25, 0.3) is 0 Å². The van der Waals surface area contributed by atoms with Gasteiger partial charge in [0, 0.05) is 24.6 Å². The van der Waals surface area contributed by atoms with Gasteiger partial charge in [0.05, 0.1) is 6.61 Å². The Kier molecular flexibility index (Phi) is 10.7. The fourth-order valence-corrected chi connectivity index (χ4v) is 3.87. The van der Waals surface area contributed by atoms with E-state index in [1.165, 1.54) is 17.0 Å². The van der Waals surface area contributed by atoms with E-state index in [4.69, 9.17) is 11.2 Å². The van der Waals surface area contributed by atoms with Gasteiger partial charge in [-0.25, -0.2) is 4.79 Å². The summed E-state index contributed by atoms with van der Waals surface area (Å²) in [7, 11) is 0. The van der Waals surface area contributed by atoms with Gasteiger partial charge in [0.25, 0.3) is 0 Å². The molecule has 0 aliphatic heterocycles. The van der Waals surface area contributed by atoms with E-state index in [0.29, 0.717) is 16.7 Å². The molecule has 9 heteroatoms. The number of rotatable bonds is 10.